The fourth-order valence-electron chi connectivity index (χ4n) is 2.70. The Morgan fingerprint density at radius 3 is 2.67 bits per heavy atom. The van der Waals surface area contributed by atoms with Crippen LogP contribution in [-0.2, 0) is 14.8 Å². The molecule has 1 atom stereocenters. The molecule has 1 unspecified atom stereocenters. The Morgan fingerprint density at radius 1 is 1.33 bits per heavy atom. The van der Waals surface area contributed by atoms with Crippen LogP contribution in [0.5, 0.6) is 0 Å². The minimum Gasteiger partial charge on any atom is -0.398 e. The summed E-state index contributed by atoms with van der Waals surface area (Å²) < 4.78 is 32.9. The summed E-state index contributed by atoms with van der Waals surface area (Å²) in [5, 5.41) is 0.184. The Morgan fingerprint density at radius 2 is 2.10 bits per heavy atom. The van der Waals surface area contributed by atoms with Crippen molar-refractivity contribution in [3.05, 3.63) is 23.2 Å². The average Bonchev–Trinajstić information content (AvgIpc) is 3.11. The van der Waals surface area contributed by atoms with Crippen molar-refractivity contribution in [1.82, 2.24) is 4.31 Å². The molecule has 1 heterocycles. The second-order valence-electron chi connectivity index (χ2n) is 5.69. The molecule has 1 saturated heterocycles. The van der Waals surface area contributed by atoms with E-state index in [-0.39, 0.29) is 27.6 Å². The second kappa shape index (κ2) is 5.76. The Balaban J connectivity index is 1.93. The average molecular weight is 331 g/mol. The second-order valence-corrected chi connectivity index (χ2v) is 7.93. The van der Waals surface area contributed by atoms with E-state index in [2.05, 4.69) is 0 Å². The van der Waals surface area contributed by atoms with Crippen LogP contribution >= 0.6 is 11.6 Å². The number of halogens is 1. The van der Waals surface area contributed by atoms with Crippen LogP contribution in [-0.4, -0.2) is 38.5 Å². The number of benzene rings is 1. The molecule has 3 rings (SSSR count). The van der Waals surface area contributed by atoms with Gasteiger partial charge in [0.15, 0.2) is 0 Å². The lowest BCUT2D eigenvalue weighted by Crippen LogP contribution is -2.37. The molecule has 0 aromatic heterocycles. The molecule has 1 aliphatic carbocycles. The number of nitrogens with zero attached hydrogens (tertiary/aromatic N) is 1. The van der Waals surface area contributed by atoms with Crippen molar-refractivity contribution in [3.8, 4) is 0 Å². The van der Waals surface area contributed by atoms with Crippen LogP contribution < -0.4 is 5.73 Å². The van der Waals surface area contributed by atoms with Gasteiger partial charge in [-0.3, -0.25) is 0 Å². The van der Waals surface area contributed by atoms with E-state index >= 15 is 0 Å². The zero-order valence-electron chi connectivity index (χ0n) is 11.7. The number of hydrogen-bond donors (Lipinski definition) is 1. The Bertz CT molecular complexity index is 605. The summed E-state index contributed by atoms with van der Waals surface area (Å²) in [4.78, 5) is 0.0393. The van der Waals surface area contributed by atoms with Gasteiger partial charge in [0.1, 0.15) is 4.90 Å². The van der Waals surface area contributed by atoms with E-state index in [1.54, 1.807) is 22.5 Å². The zero-order chi connectivity index (χ0) is 15.0. The van der Waals surface area contributed by atoms with Crippen molar-refractivity contribution in [2.24, 2.45) is 5.92 Å². The van der Waals surface area contributed by atoms with E-state index in [9.17, 15) is 8.42 Å². The molecule has 1 saturated carbocycles. The summed E-state index contributed by atoms with van der Waals surface area (Å²) in [5.74, 6) is 0.254. The molecule has 0 bridgehead atoms. The number of nitrogens with two attached hydrogens (primary N) is 1. The number of ether oxygens (including phenoxy) is 1. The summed E-state index contributed by atoms with van der Waals surface area (Å²) >= 11 is 6.09. The van der Waals surface area contributed by atoms with Gasteiger partial charge in [-0.15, -0.1) is 0 Å². The molecule has 2 fully saturated rings. The smallest absolute Gasteiger partial charge is 0.246 e. The number of rotatable bonds is 5. The molecule has 0 amide bonds. The minimum atomic E-state index is -3.67. The predicted molar refractivity (Wildman–Crippen MR) is 81.7 cm³/mol. The van der Waals surface area contributed by atoms with E-state index in [4.69, 9.17) is 22.1 Å². The van der Waals surface area contributed by atoms with Gasteiger partial charge in [-0.05, 0) is 37.3 Å². The summed E-state index contributed by atoms with van der Waals surface area (Å²) in [6.07, 6.45) is 2.70. The normalized spacial score (nSPS) is 22.9. The summed E-state index contributed by atoms with van der Waals surface area (Å²) in [6, 6.07) is 4.87. The molecule has 7 heteroatoms. The predicted octanol–water partition coefficient (Wildman–Crippen LogP) is 2.11. The van der Waals surface area contributed by atoms with E-state index < -0.39 is 10.0 Å². The SMILES string of the molecule is Nc1cccc(Cl)c1S(=O)(=O)N(CC1CCOC1)C1CC1. The first-order valence-electron chi connectivity index (χ1n) is 7.13. The standard InChI is InChI=1S/C14H19ClN2O3S/c15-12-2-1-3-13(16)14(12)21(18,19)17(11-4-5-11)8-10-6-7-20-9-10/h1-3,10-11H,4-9,16H2. The van der Waals surface area contributed by atoms with Gasteiger partial charge < -0.3 is 10.5 Å². The number of sulfonamides is 1. The zero-order valence-corrected chi connectivity index (χ0v) is 13.2. The maximum Gasteiger partial charge on any atom is 0.246 e. The van der Waals surface area contributed by atoms with E-state index in [1.165, 1.54) is 0 Å². The Hall–Kier alpha value is -0.820. The first-order chi connectivity index (χ1) is 10.00. The van der Waals surface area contributed by atoms with E-state index in [0.29, 0.717) is 19.8 Å². The minimum absolute atomic E-state index is 0.0393. The van der Waals surface area contributed by atoms with Crippen molar-refractivity contribution in [2.45, 2.75) is 30.2 Å². The van der Waals surface area contributed by atoms with Crippen LogP contribution in [0, 0.1) is 5.92 Å². The summed E-state index contributed by atoms with van der Waals surface area (Å²) in [7, 11) is -3.67. The van der Waals surface area contributed by atoms with Crippen LogP contribution in [0.1, 0.15) is 19.3 Å². The molecule has 5 nitrogen and oxygen atoms in total. The Labute approximate surface area is 130 Å². The van der Waals surface area contributed by atoms with E-state index in [1.807, 2.05) is 0 Å². The molecule has 0 radical (unpaired) electrons. The highest BCUT2D eigenvalue weighted by atomic mass is 35.5. The molecule has 21 heavy (non-hydrogen) atoms. The third-order valence-electron chi connectivity index (χ3n) is 3.98. The fourth-order valence-corrected chi connectivity index (χ4v) is 5.10. The van der Waals surface area contributed by atoms with Crippen LogP contribution in [0.15, 0.2) is 23.1 Å². The molecule has 2 N–H and O–H groups in total. The molecule has 2 aliphatic rings. The van der Waals surface area contributed by atoms with Crippen LogP contribution in [0.2, 0.25) is 5.02 Å². The van der Waals surface area contributed by atoms with E-state index in [0.717, 1.165) is 19.3 Å². The highest BCUT2D eigenvalue weighted by molar-refractivity contribution is 7.89. The molecular weight excluding hydrogens is 312 g/mol. The fraction of sp³-hybridized carbons (Fsp3) is 0.571. The summed E-state index contributed by atoms with van der Waals surface area (Å²) in [6.45, 7) is 1.81. The highest BCUT2D eigenvalue weighted by Gasteiger charge is 2.41. The van der Waals surface area contributed by atoms with Crippen LogP contribution in [0.4, 0.5) is 5.69 Å². The van der Waals surface area contributed by atoms with Crippen molar-refractivity contribution in [3.63, 3.8) is 0 Å². The largest absolute Gasteiger partial charge is 0.398 e. The van der Waals surface area contributed by atoms with Crippen LogP contribution in [0.25, 0.3) is 0 Å². The van der Waals surface area contributed by atoms with Crippen molar-refractivity contribution < 1.29 is 13.2 Å². The van der Waals surface area contributed by atoms with Crippen molar-refractivity contribution in [1.29, 1.82) is 0 Å². The molecular formula is C14H19ClN2O3S. The topological polar surface area (TPSA) is 72.6 Å². The van der Waals surface area contributed by atoms with Gasteiger partial charge in [0.25, 0.3) is 0 Å². The Kier molecular flexibility index (Phi) is 4.14. The maximum atomic E-state index is 13.0. The van der Waals surface area contributed by atoms with Gasteiger partial charge in [-0.2, -0.15) is 4.31 Å². The maximum absolute atomic E-state index is 13.0. The first-order valence-corrected chi connectivity index (χ1v) is 8.95. The van der Waals surface area contributed by atoms with Crippen molar-refractivity contribution >= 4 is 27.3 Å². The number of hydrogen-bond acceptors (Lipinski definition) is 4. The monoisotopic (exact) mass is 330 g/mol. The van der Waals surface area contributed by atoms with Crippen molar-refractivity contribution in [2.75, 3.05) is 25.5 Å². The molecule has 1 aromatic rings. The highest BCUT2D eigenvalue weighted by Crippen LogP contribution is 2.37. The molecule has 116 valence electrons. The molecule has 1 aromatic carbocycles. The van der Waals surface area contributed by atoms with Gasteiger partial charge in [0.05, 0.1) is 17.3 Å². The van der Waals surface area contributed by atoms with Gasteiger partial charge in [0, 0.05) is 19.2 Å². The first kappa shape index (κ1) is 15.1. The number of anilines is 1. The molecule has 0 spiro atoms. The molecule has 1 aliphatic heterocycles. The van der Waals surface area contributed by atoms with Gasteiger partial charge in [0.2, 0.25) is 10.0 Å². The van der Waals surface area contributed by atoms with Gasteiger partial charge in [-0.1, -0.05) is 17.7 Å². The summed E-state index contributed by atoms with van der Waals surface area (Å²) in [5.41, 5.74) is 6.06. The van der Waals surface area contributed by atoms with Gasteiger partial charge >= 0.3 is 0 Å². The lowest BCUT2D eigenvalue weighted by molar-refractivity contribution is 0.180. The third kappa shape index (κ3) is 3.04. The number of nitrogen functional groups attached to an aromatic ring is 1. The van der Waals surface area contributed by atoms with Crippen LogP contribution in [0.3, 0.4) is 0 Å². The lowest BCUT2D eigenvalue weighted by Gasteiger charge is -2.25. The van der Waals surface area contributed by atoms with Gasteiger partial charge in [-0.25, -0.2) is 8.42 Å². The quantitative estimate of drug-likeness (QED) is 0.839. The lowest BCUT2D eigenvalue weighted by atomic mass is 10.1. The third-order valence-corrected chi connectivity index (χ3v) is 6.44.